The number of carboxylic acids is 1. The quantitative estimate of drug-likeness (QED) is 0.889. The normalized spacial score (nSPS) is 22.4. The first kappa shape index (κ1) is 13.8. The molecule has 1 aromatic rings. The van der Waals surface area contributed by atoms with E-state index in [4.69, 9.17) is 9.84 Å². The highest BCUT2D eigenvalue weighted by Gasteiger charge is 2.31. The molecule has 0 saturated carbocycles. The number of carboxylic acid groups (broad SMARTS) is 1. The van der Waals surface area contributed by atoms with Gasteiger partial charge in [-0.3, -0.25) is 0 Å². The van der Waals surface area contributed by atoms with Gasteiger partial charge in [-0.15, -0.1) is 0 Å². The Labute approximate surface area is 111 Å². The zero-order valence-corrected chi connectivity index (χ0v) is 10.9. The van der Waals surface area contributed by atoms with Crippen LogP contribution in [0.4, 0.5) is 10.1 Å². The predicted molar refractivity (Wildman–Crippen MR) is 69.8 cm³/mol. The summed E-state index contributed by atoms with van der Waals surface area (Å²) < 4.78 is 19.2. The van der Waals surface area contributed by atoms with Crippen LogP contribution in [0.5, 0.6) is 0 Å². The van der Waals surface area contributed by atoms with Gasteiger partial charge < -0.3 is 14.7 Å². The largest absolute Gasteiger partial charge is 0.479 e. The maximum absolute atomic E-state index is 13.7. The standard InChI is InChI=1S/C14H18FNO3/c1-2-16(12-6-4-3-5-11(12)15)9-10-7-8-13(19-10)14(17)18/h3-6,10,13H,2,7-9H2,1H3,(H,17,18). The van der Waals surface area contributed by atoms with Crippen molar-refractivity contribution in [3.63, 3.8) is 0 Å². The lowest BCUT2D eigenvalue weighted by Gasteiger charge is -2.26. The van der Waals surface area contributed by atoms with Crippen molar-refractivity contribution in [2.45, 2.75) is 32.0 Å². The fourth-order valence-electron chi connectivity index (χ4n) is 2.37. The summed E-state index contributed by atoms with van der Waals surface area (Å²) in [5.41, 5.74) is 0.535. The minimum Gasteiger partial charge on any atom is -0.479 e. The fraction of sp³-hybridized carbons (Fsp3) is 0.500. The van der Waals surface area contributed by atoms with Crippen molar-refractivity contribution in [1.82, 2.24) is 0 Å². The molecule has 1 fully saturated rings. The summed E-state index contributed by atoms with van der Waals surface area (Å²) in [6.45, 7) is 3.11. The Balaban J connectivity index is 2.01. The van der Waals surface area contributed by atoms with Gasteiger partial charge in [0.25, 0.3) is 0 Å². The summed E-state index contributed by atoms with van der Waals surface area (Å²) in [6, 6.07) is 6.59. The molecule has 1 heterocycles. The van der Waals surface area contributed by atoms with Crippen molar-refractivity contribution < 1.29 is 19.0 Å². The monoisotopic (exact) mass is 267 g/mol. The van der Waals surface area contributed by atoms with Crippen LogP contribution in [-0.2, 0) is 9.53 Å². The van der Waals surface area contributed by atoms with Crippen LogP contribution in [0.3, 0.4) is 0 Å². The minimum atomic E-state index is -0.920. The number of hydrogen-bond donors (Lipinski definition) is 1. The number of para-hydroxylation sites is 1. The summed E-state index contributed by atoms with van der Waals surface area (Å²) in [7, 11) is 0. The third kappa shape index (κ3) is 3.23. The van der Waals surface area contributed by atoms with Gasteiger partial charge in [-0.05, 0) is 31.9 Å². The van der Waals surface area contributed by atoms with Gasteiger partial charge in [0, 0.05) is 13.1 Å². The molecule has 19 heavy (non-hydrogen) atoms. The first-order chi connectivity index (χ1) is 9.11. The van der Waals surface area contributed by atoms with Crippen LogP contribution >= 0.6 is 0 Å². The molecule has 4 nitrogen and oxygen atoms in total. The molecule has 0 aromatic heterocycles. The Hall–Kier alpha value is -1.62. The van der Waals surface area contributed by atoms with E-state index in [9.17, 15) is 9.18 Å². The van der Waals surface area contributed by atoms with Gasteiger partial charge in [-0.25, -0.2) is 9.18 Å². The molecule has 0 radical (unpaired) electrons. The second-order valence-corrected chi connectivity index (χ2v) is 4.65. The summed E-state index contributed by atoms with van der Waals surface area (Å²) in [6.07, 6.45) is 0.349. The second kappa shape index (κ2) is 6.02. The minimum absolute atomic E-state index is 0.152. The zero-order valence-electron chi connectivity index (χ0n) is 10.9. The topological polar surface area (TPSA) is 49.8 Å². The lowest BCUT2D eigenvalue weighted by Crippen LogP contribution is -2.33. The number of nitrogens with zero attached hydrogens (tertiary/aromatic N) is 1. The summed E-state index contributed by atoms with van der Waals surface area (Å²) in [4.78, 5) is 12.7. The van der Waals surface area contributed by atoms with E-state index in [0.29, 0.717) is 31.6 Å². The smallest absolute Gasteiger partial charge is 0.332 e. The van der Waals surface area contributed by atoms with Crippen molar-refractivity contribution >= 4 is 11.7 Å². The molecule has 0 bridgehead atoms. The third-order valence-corrected chi connectivity index (χ3v) is 3.38. The highest BCUT2D eigenvalue weighted by molar-refractivity contribution is 5.72. The molecule has 5 heteroatoms. The number of halogens is 1. The van der Waals surface area contributed by atoms with Crippen molar-refractivity contribution in [3.8, 4) is 0 Å². The SMILES string of the molecule is CCN(CC1CCC(C(=O)O)O1)c1ccccc1F. The molecule has 2 unspecified atom stereocenters. The van der Waals surface area contributed by atoms with Crippen LogP contribution in [-0.4, -0.2) is 36.4 Å². The molecule has 1 N–H and O–H groups in total. The molecule has 2 rings (SSSR count). The molecular weight excluding hydrogens is 249 g/mol. The Morgan fingerprint density at radius 3 is 2.79 bits per heavy atom. The van der Waals surface area contributed by atoms with Crippen LogP contribution in [0.25, 0.3) is 0 Å². The van der Waals surface area contributed by atoms with Gasteiger partial charge in [0.05, 0.1) is 11.8 Å². The lowest BCUT2D eigenvalue weighted by atomic mass is 10.1. The van der Waals surface area contributed by atoms with Crippen LogP contribution < -0.4 is 4.90 Å². The third-order valence-electron chi connectivity index (χ3n) is 3.38. The predicted octanol–water partition coefficient (Wildman–Crippen LogP) is 2.28. The van der Waals surface area contributed by atoms with Crippen molar-refractivity contribution in [2.75, 3.05) is 18.0 Å². The first-order valence-electron chi connectivity index (χ1n) is 6.49. The van der Waals surface area contributed by atoms with Gasteiger partial charge in [0.15, 0.2) is 6.10 Å². The summed E-state index contributed by atoms with van der Waals surface area (Å²) >= 11 is 0. The van der Waals surface area contributed by atoms with E-state index >= 15 is 0 Å². The van der Waals surface area contributed by atoms with Gasteiger partial charge in [0.1, 0.15) is 5.82 Å². The number of rotatable bonds is 5. The summed E-state index contributed by atoms with van der Waals surface area (Å²) in [5.74, 6) is -1.19. The van der Waals surface area contributed by atoms with Gasteiger partial charge >= 0.3 is 5.97 Å². The molecule has 1 aliphatic heterocycles. The zero-order chi connectivity index (χ0) is 13.8. The van der Waals surface area contributed by atoms with Gasteiger partial charge in [0.2, 0.25) is 0 Å². The van der Waals surface area contributed by atoms with E-state index in [2.05, 4.69) is 0 Å². The molecule has 0 amide bonds. The van der Waals surface area contributed by atoms with E-state index in [-0.39, 0.29) is 11.9 Å². The van der Waals surface area contributed by atoms with Crippen molar-refractivity contribution in [2.24, 2.45) is 0 Å². The van der Waals surface area contributed by atoms with E-state index in [0.717, 1.165) is 0 Å². The maximum atomic E-state index is 13.7. The second-order valence-electron chi connectivity index (χ2n) is 4.65. The molecule has 1 aliphatic rings. The van der Waals surface area contributed by atoms with Crippen LogP contribution in [0.2, 0.25) is 0 Å². The number of ether oxygens (including phenoxy) is 1. The highest BCUT2D eigenvalue weighted by atomic mass is 19.1. The Morgan fingerprint density at radius 2 is 2.21 bits per heavy atom. The first-order valence-corrected chi connectivity index (χ1v) is 6.49. The van der Waals surface area contributed by atoms with Gasteiger partial charge in [-0.2, -0.15) is 0 Å². The number of anilines is 1. The van der Waals surface area contributed by atoms with E-state index < -0.39 is 12.1 Å². The van der Waals surface area contributed by atoms with E-state index in [1.54, 1.807) is 18.2 Å². The Bertz CT molecular complexity index is 452. The summed E-state index contributed by atoms with van der Waals surface area (Å²) in [5, 5.41) is 8.88. The number of benzene rings is 1. The number of likely N-dealkylation sites (N-methyl/N-ethyl adjacent to an activating group) is 1. The number of carbonyl (C=O) groups is 1. The molecule has 0 aliphatic carbocycles. The highest BCUT2D eigenvalue weighted by Crippen LogP contribution is 2.24. The van der Waals surface area contributed by atoms with Crippen LogP contribution in [0, 0.1) is 5.82 Å². The number of aliphatic carboxylic acids is 1. The molecular formula is C14H18FNO3. The average Bonchev–Trinajstić information content (AvgIpc) is 2.86. The average molecular weight is 267 g/mol. The molecule has 1 aromatic carbocycles. The molecule has 0 spiro atoms. The van der Waals surface area contributed by atoms with E-state index in [1.807, 2.05) is 11.8 Å². The van der Waals surface area contributed by atoms with Crippen molar-refractivity contribution in [3.05, 3.63) is 30.1 Å². The number of hydrogen-bond acceptors (Lipinski definition) is 3. The Kier molecular flexibility index (Phi) is 4.37. The van der Waals surface area contributed by atoms with Gasteiger partial charge in [-0.1, -0.05) is 12.1 Å². The molecule has 2 atom stereocenters. The Morgan fingerprint density at radius 1 is 1.47 bits per heavy atom. The van der Waals surface area contributed by atoms with Crippen LogP contribution in [0.1, 0.15) is 19.8 Å². The van der Waals surface area contributed by atoms with Crippen LogP contribution in [0.15, 0.2) is 24.3 Å². The fourth-order valence-corrected chi connectivity index (χ4v) is 2.37. The lowest BCUT2D eigenvalue weighted by molar-refractivity contribution is -0.149. The molecule has 1 saturated heterocycles. The van der Waals surface area contributed by atoms with E-state index in [1.165, 1.54) is 6.07 Å². The van der Waals surface area contributed by atoms with Crippen molar-refractivity contribution in [1.29, 1.82) is 0 Å². The molecule has 104 valence electrons. The maximum Gasteiger partial charge on any atom is 0.332 e.